The predicted octanol–water partition coefficient (Wildman–Crippen LogP) is -2.33. The van der Waals surface area contributed by atoms with Crippen molar-refractivity contribution in [1.29, 1.82) is 0 Å². The summed E-state index contributed by atoms with van der Waals surface area (Å²) in [4.78, 5) is 71.5. The fourth-order valence-corrected chi connectivity index (χ4v) is 3.21. The van der Waals surface area contributed by atoms with Gasteiger partial charge < -0.3 is 37.2 Å². The first-order chi connectivity index (χ1) is 14.9. The number of aliphatic carboxylic acids is 2. The van der Waals surface area contributed by atoms with Gasteiger partial charge in [0.2, 0.25) is 23.6 Å². The molecular formula is C19H31N5O8. The fourth-order valence-electron chi connectivity index (χ4n) is 3.21. The van der Waals surface area contributed by atoms with Gasteiger partial charge >= 0.3 is 11.9 Å². The van der Waals surface area contributed by atoms with Crippen LogP contribution in [0.25, 0.3) is 0 Å². The van der Waals surface area contributed by atoms with Crippen LogP contribution >= 0.6 is 0 Å². The van der Waals surface area contributed by atoms with Gasteiger partial charge in [-0.1, -0.05) is 13.8 Å². The summed E-state index contributed by atoms with van der Waals surface area (Å²) in [7, 11) is 0. The Labute approximate surface area is 184 Å². The fraction of sp³-hybridized carbons (Fsp3) is 0.684. The van der Waals surface area contributed by atoms with E-state index in [9.17, 15) is 33.9 Å². The highest BCUT2D eigenvalue weighted by Gasteiger charge is 2.33. The summed E-state index contributed by atoms with van der Waals surface area (Å²) >= 11 is 0. The van der Waals surface area contributed by atoms with E-state index < -0.39 is 72.6 Å². The molecule has 0 aromatic heterocycles. The number of hydrogen-bond acceptors (Lipinski definition) is 7. The first-order valence-corrected chi connectivity index (χ1v) is 10.3. The van der Waals surface area contributed by atoms with E-state index in [2.05, 4.69) is 21.3 Å². The highest BCUT2D eigenvalue weighted by molar-refractivity contribution is 5.97. The topological polar surface area (TPSA) is 217 Å². The number of carboxylic acids is 2. The van der Waals surface area contributed by atoms with Gasteiger partial charge in [0.15, 0.2) is 0 Å². The summed E-state index contributed by atoms with van der Waals surface area (Å²) in [5.41, 5.74) is 5.15. The highest BCUT2D eigenvalue weighted by Crippen LogP contribution is 2.08. The maximum absolute atomic E-state index is 12.7. The van der Waals surface area contributed by atoms with E-state index in [0.29, 0.717) is 13.0 Å². The monoisotopic (exact) mass is 457 g/mol. The van der Waals surface area contributed by atoms with Crippen LogP contribution in [0.5, 0.6) is 0 Å². The number of rotatable bonds is 13. The summed E-state index contributed by atoms with van der Waals surface area (Å²) in [5.74, 6) is -6.26. The predicted molar refractivity (Wildman–Crippen MR) is 110 cm³/mol. The number of nitrogens with two attached hydrogens (primary N) is 1. The molecule has 180 valence electrons. The van der Waals surface area contributed by atoms with Crippen molar-refractivity contribution in [3.63, 3.8) is 0 Å². The molecule has 0 aromatic rings. The summed E-state index contributed by atoms with van der Waals surface area (Å²) in [6, 6.07) is -4.91. The lowest BCUT2D eigenvalue weighted by Gasteiger charge is -2.24. The molecule has 13 heteroatoms. The molecule has 0 aliphatic carbocycles. The Balaban J connectivity index is 2.94. The zero-order valence-corrected chi connectivity index (χ0v) is 18.1. The maximum Gasteiger partial charge on any atom is 0.326 e. The van der Waals surface area contributed by atoms with Crippen molar-refractivity contribution in [2.45, 2.75) is 70.1 Å². The zero-order chi connectivity index (χ0) is 24.4. The van der Waals surface area contributed by atoms with Crippen molar-refractivity contribution >= 4 is 35.6 Å². The van der Waals surface area contributed by atoms with E-state index in [4.69, 9.17) is 10.8 Å². The molecular weight excluding hydrogens is 426 g/mol. The Morgan fingerprint density at radius 1 is 0.938 bits per heavy atom. The minimum Gasteiger partial charge on any atom is -0.481 e. The Bertz CT molecular complexity index is 735. The second-order valence-electron chi connectivity index (χ2n) is 8.07. The van der Waals surface area contributed by atoms with Crippen LogP contribution in [0.15, 0.2) is 0 Å². The molecule has 0 bridgehead atoms. The lowest BCUT2D eigenvalue weighted by Crippen LogP contribution is -2.58. The third-order valence-corrected chi connectivity index (χ3v) is 4.75. The molecule has 1 fully saturated rings. The average molecular weight is 457 g/mol. The van der Waals surface area contributed by atoms with Gasteiger partial charge in [0.05, 0.1) is 18.9 Å². The van der Waals surface area contributed by atoms with Gasteiger partial charge in [-0.25, -0.2) is 4.79 Å². The van der Waals surface area contributed by atoms with Gasteiger partial charge in [-0.15, -0.1) is 0 Å². The van der Waals surface area contributed by atoms with E-state index in [0.717, 1.165) is 6.42 Å². The Kier molecular flexibility index (Phi) is 10.5. The molecule has 0 saturated carbocycles. The molecule has 1 aliphatic heterocycles. The minimum absolute atomic E-state index is 0.0803. The van der Waals surface area contributed by atoms with E-state index >= 15 is 0 Å². The van der Waals surface area contributed by atoms with Gasteiger partial charge in [0.25, 0.3) is 0 Å². The summed E-state index contributed by atoms with van der Waals surface area (Å²) in [6.07, 6.45) is -0.0344. The molecule has 32 heavy (non-hydrogen) atoms. The average Bonchev–Trinajstić information content (AvgIpc) is 3.20. The van der Waals surface area contributed by atoms with Gasteiger partial charge in [-0.3, -0.25) is 24.0 Å². The van der Waals surface area contributed by atoms with E-state index in [1.54, 1.807) is 13.8 Å². The van der Waals surface area contributed by atoms with Crippen LogP contribution in [-0.4, -0.2) is 76.5 Å². The molecule has 4 atom stereocenters. The second-order valence-corrected chi connectivity index (χ2v) is 8.07. The minimum atomic E-state index is -1.63. The van der Waals surface area contributed by atoms with Crippen LogP contribution in [0.2, 0.25) is 0 Å². The number of amides is 4. The number of primary amides is 1. The molecule has 13 nitrogen and oxygen atoms in total. The lowest BCUT2D eigenvalue weighted by molar-refractivity contribution is -0.144. The Morgan fingerprint density at radius 3 is 1.94 bits per heavy atom. The van der Waals surface area contributed by atoms with Crippen molar-refractivity contribution in [3.8, 4) is 0 Å². The summed E-state index contributed by atoms with van der Waals surface area (Å²) < 4.78 is 0. The zero-order valence-electron chi connectivity index (χ0n) is 18.1. The third kappa shape index (κ3) is 9.29. The lowest BCUT2D eigenvalue weighted by atomic mass is 10.0. The quantitative estimate of drug-likeness (QED) is 0.158. The third-order valence-electron chi connectivity index (χ3n) is 4.75. The molecule has 0 aromatic carbocycles. The largest absolute Gasteiger partial charge is 0.481 e. The van der Waals surface area contributed by atoms with Crippen LogP contribution in [0.4, 0.5) is 0 Å². The van der Waals surface area contributed by atoms with Crippen molar-refractivity contribution in [3.05, 3.63) is 0 Å². The standard InChI is InChI=1S/C19H31N5O8/c1-9(2)6-13(19(31)32)24-18(30)12(8-15(26)27)23-17(29)11(7-14(20)25)22-16(28)10-4-3-5-21-10/h9-13,21H,3-8H2,1-2H3,(H2,20,25)(H,22,28)(H,23,29)(H,24,30)(H,26,27)(H,31,32). The summed E-state index contributed by atoms with van der Waals surface area (Å²) in [5, 5.41) is 28.1. The molecule has 1 aliphatic rings. The molecule has 4 unspecified atom stereocenters. The number of nitrogens with one attached hydrogen (secondary N) is 4. The SMILES string of the molecule is CC(C)CC(NC(=O)C(CC(=O)O)NC(=O)C(CC(N)=O)NC(=O)C1CCCN1)C(=O)O. The summed E-state index contributed by atoms with van der Waals surface area (Å²) in [6.45, 7) is 4.11. The van der Waals surface area contributed by atoms with E-state index in [1.807, 2.05) is 0 Å². The number of hydrogen-bond donors (Lipinski definition) is 7. The van der Waals surface area contributed by atoms with Crippen molar-refractivity contribution < 1.29 is 39.0 Å². The van der Waals surface area contributed by atoms with Gasteiger partial charge in [-0.2, -0.15) is 0 Å². The maximum atomic E-state index is 12.7. The Morgan fingerprint density at radius 2 is 1.50 bits per heavy atom. The van der Waals surface area contributed by atoms with Gasteiger partial charge in [0, 0.05) is 0 Å². The first kappa shape index (κ1) is 26.8. The molecule has 0 radical (unpaired) electrons. The smallest absolute Gasteiger partial charge is 0.326 e. The van der Waals surface area contributed by atoms with Crippen molar-refractivity contribution in [2.24, 2.45) is 11.7 Å². The Hall–Kier alpha value is -3.22. The second kappa shape index (κ2) is 12.6. The van der Waals surface area contributed by atoms with Crippen LogP contribution < -0.4 is 27.0 Å². The number of carbonyl (C=O) groups is 6. The molecule has 1 heterocycles. The molecule has 1 saturated heterocycles. The first-order valence-electron chi connectivity index (χ1n) is 10.3. The van der Waals surface area contributed by atoms with Crippen LogP contribution in [0.1, 0.15) is 46.0 Å². The number of carbonyl (C=O) groups excluding carboxylic acids is 4. The molecule has 0 spiro atoms. The molecule has 1 rings (SSSR count). The van der Waals surface area contributed by atoms with Gasteiger partial charge in [-0.05, 0) is 31.7 Å². The highest BCUT2D eigenvalue weighted by atomic mass is 16.4. The number of carboxylic acid groups (broad SMARTS) is 2. The van der Waals surface area contributed by atoms with Crippen LogP contribution in [-0.2, 0) is 28.8 Å². The van der Waals surface area contributed by atoms with Crippen molar-refractivity contribution in [2.75, 3.05) is 6.54 Å². The molecule has 8 N–H and O–H groups in total. The van der Waals surface area contributed by atoms with Gasteiger partial charge in [0.1, 0.15) is 18.1 Å². The van der Waals surface area contributed by atoms with Crippen molar-refractivity contribution in [1.82, 2.24) is 21.3 Å². The normalized spacial score (nSPS) is 18.3. The van der Waals surface area contributed by atoms with E-state index in [-0.39, 0.29) is 12.3 Å². The van der Waals surface area contributed by atoms with E-state index in [1.165, 1.54) is 0 Å². The molecule has 4 amide bonds. The van der Waals surface area contributed by atoms with Crippen LogP contribution in [0, 0.1) is 5.92 Å². The van der Waals surface area contributed by atoms with Crippen LogP contribution in [0.3, 0.4) is 0 Å².